The molecule has 28 heavy (non-hydrogen) atoms. The first kappa shape index (κ1) is 20.7. The van der Waals surface area contributed by atoms with Crippen LogP contribution >= 0.6 is 18.9 Å². The smallest absolute Gasteiger partial charge is 0.135 e. The number of hydrogen-bond donors (Lipinski definition) is 0. The molecule has 0 saturated heterocycles. The van der Waals surface area contributed by atoms with Crippen molar-refractivity contribution in [2.75, 3.05) is 0 Å². The van der Waals surface area contributed by atoms with E-state index in [1.807, 2.05) is 6.07 Å². The van der Waals surface area contributed by atoms with Gasteiger partial charge in [-0.25, -0.2) is 4.98 Å². The third-order valence-electron chi connectivity index (χ3n) is 4.83. The molecule has 0 aliphatic heterocycles. The standard InChI is InChI=1S/C24H20ClNP.BrH/c25-24-20(11-10-18-26-24)19-27(21-12-4-1-5-13-21,22-14-6-2-7-15-22)23-16-8-3-9-17-23;/h1-18H,19H2;1H/q+1;/p-1. The van der Waals surface area contributed by atoms with Crippen LogP contribution in [0.2, 0.25) is 5.15 Å². The number of halogens is 2. The summed E-state index contributed by atoms with van der Waals surface area (Å²) in [6.07, 6.45) is 2.59. The van der Waals surface area contributed by atoms with Crippen molar-refractivity contribution >= 4 is 34.8 Å². The van der Waals surface area contributed by atoms with Crippen molar-refractivity contribution in [3.8, 4) is 0 Å². The summed E-state index contributed by atoms with van der Waals surface area (Å²) in [5.74, 6) is 0. The minimum Gasteiger partial charge on any atom is -1.00 e. The molecule has 0 atom stereocenters. The second-order valence-electron chi connectivity index (χ2n) is 6.43. The van der Waals surface area contributed by atoms with Crippen molar-refractivity contribution in [3.63, 3.8) is 0 Å². The van der Waals surface area contributed by atoms with Gasteiger partial charge in [0, 0.05) is 11.8 Å². The van der Waals surface area contributed by atoms with E-state index in [1.165, 1.54) is 15.9 Å². The predicted molar refractivity (Wildman–Crippen MR) is 118 cm³/mol. The van der Waals surface area contributed by atoms with Gasteiger partial charge in [-0.2, -0.15) is 0 Å². The zero-order valence-corrected chi connectivity index (χ0v) is 18.5. The molecule has 3 aromatic carbocycles. The molecule has 0 saturated carbocycles. The molecule has 4 aromatic rings. The Labute approximate surface area is 182 Å². The van der Waals surface area contributed by atoms with Gasteiger partial charge in [0.05, 0.1) is 0 Å². The zero-order chi connectivity index (χ0) is 18.5. The fraction of sp³-hybridized carbons (Fsp3) is 0.0417. The van der Waals surface area contributed by atoms with E-state index in [1.54, 1.807) is 6.20 Å². The second kappa shape index (κ2) is 9.47. The number of nitrogens with zero attached hydrogens (tertiary/aromatic N) is 1. The van der Waals surface area contributed by atoms with Crippen LogP contribution in [0.15, 0.2) is 109 Å². The third-order valence-corrected chi connectivity index (χ3v) is 9.53. The van der Waals surface area contributed by atoms with Crippen LogP contribution in [0, 0.1) is 0 Å². The van der Waals surface area contributed by atoms with Crippen LogP contribution in [-0.2, 0) is 6.16 Å². The number of pyridine rings is 1. The Balaban J connectivity index is 0.00000225. The van der Waals surface area contributed by atoms with Crippen LogP contribution in [0.4, 0.5) is 0 Å². The fourth-order valence-electron chi connectivity index (χ4n) is 3.56. The Morgan fingerprint density at radius 2 is 1.04 bits per heavy atom. The van der Waals surface area contributed by atoms with E-state index in [-0.39, 0.29) is 17.0 Å². The molecule has 1 heterocycles. The number of hydrogen-bond acceptors (Lipinski definition) is 1. The quantitative estimate of drug-likeness (QED) is 0.323. The monoisotopic (exact) mass is 467 g/mol. The zero-order valence-electron chi connectivity index (χ0n) is 15.2. The van der Waals surface area contributed by atoms with Gasteiger partial charge in [0.1, 0.15) is 34.5 Å². The van der Waals surface area contributed by atoms with E-state index in [4.69, 9.17) is 11.6 Å². The average molecular weight is 469 g/mol. The molecular weight excluding hydrogens is 449 g/mol. The normalized spacial score (nSPS) is 10.9. The largest absolute Gasteiger partial charge is 1.00 e. The summed E-state index contributed by atoms with van der Waals surface area (Å²) in [5, 5.41) is 4.64. The van der Waals surface area contributed by atoms with Crippen LogP contribution < -0.4 is 32.9 Å². The van der Waals surface area contributed by atoms with E-state index >= 15 is 0 Å². The molecule has 0 aliphatic carbocycles. The molecule has 1 nitrogen and oxygen atoms in total. The van der Waals surface area contributed by atoms with Gasteiger partial charge in [-0.3, -0.25) is 0 Å². The summed E-state index contributed by atoms with van der Waals surface area (Å²) in [4.78, 5) is 4.33. The third kappa shape index (κ3) is 4.05. The molecule has 0 radical (unpaired) electrons. The van der Waals surface area contributed by atoms with Gasteiger partial charge in [-0.15, -0.1) is 0 Å². The van der Waals surface area contributed by atoms with Gasteiger partial charge in [-0.1, -0.05) is 72.3 Å². The highest BCUT2D eigenvalue weighted by molar-refractivity contribution is 7.95. The van der Waals surface area contributed by atoms with Crippen LogP contribution in [-0.4, -0.2) is 4.98 Å². The van der Waals surface area contributed by atoms with E-state index in [0.717, 1.165) is 11.7 Å². The Bertz CT molecular complexity index is 914. The lowest BCUT2D eigenvalue weighted by Gasteiger charge is -2.28. The summed E-state index contributed by atoms with van der Waals surface area (Å²) in [7, 11) is -1.93. The Morgan fingerprint density at radius 1 is 0.607 bits per heavy atom. The fourth-order valence-corrected chi connectivity index (χ4v) is 8.09. The molecule has 0 bridgehead atoms. The van der Waals surface area contributed by atoms with Crippen molar-refractivity contribution in [2.45, 2.75) is 6.16 Å². The van der Waals surface area contributed by atoms with Gasteiger partial charge in [0.15, 0.2) is 0 Å². The summed E-state index contributed by atoms with van der Waals surface area (Å²) in [5.41, 5.74) is 1.09. The van der Waals surface area contributed by atoms with Crippen molar-refractivity contribution in [1.82, 2.24) is 4.98 Å². The minimum atomic E-state index is -1.93. The van der Waals surface area contributed by atoms with Crippen molar-refractivity contribution in [2.24, 2.45) is 0 Å². The van der Waals surface area contributed by atoms with Gasteiger partial charge in [0.25, 0.3) is 0 Å². The lowest BCUT2D eigenvalue weighted by molar-refractivity contribution is -0.00000521. The van der Waals surface area contributed by atoms with E-state index in [0.29, 0.717) is 5.15 Å². The molecule has 140 valence electrons. The second-order valence-corrected chi connectivity index (χ2v) is 10.3. The van der Waals surface area contributed by atoms with Crippen molar-refractivity contribution in [1.29, 1.82) is 0 Å². The van der Waals surface area contributed by atoms with Gasteiger partial charge in [-0.05, 0) is 42.5 Å². The number of rotatable bonds is 5. The van der Waals surface area contributed by atoms with Crippen molar-refractivity contribution < 1.29 is 17.0 Å². The molecule has 4 rings (SSSR count). The molecule has 0 spiro atoms. The average Bonchev–Trinajstić information content (AvgIpc) is 2.75. The van der Waals surface area contributed by atoms with Gasteiger partial charge < -0.3 is 17.0 Å². The molecule has 0 fully saturated rings. The highest BCUT2D eigenvalue weighted by atomic mass is 79.9. The van der Waals surface area contributed by atoms with Crippen molar-refractivity contribution in [3.05, 3.63) is 120 Å². The van der Waals surface area contributed by atoms with E-state index < -0.39 is 7.26 Å². The maximum atomic E-state index is 6.50. The number of benzene rings is 3. The molecular formula is C24H20BrClNP. The Hall–Kier alpha value is -1.99. The number of aromatic nitrogens is 1. The first-order valence-electron chi connectivity index (χ1n) is 8.95. The summed E-state index contributed by atoms with van der Waals surface area (Å²) in [6, 6.07) is 36.5. The molecule has 4 heteroatoms. The van der Waals surface area contributed by atoms with Crippen LogP contribution in [0.5, 0.6) is 0 Å². The first-order valence-corrected chi connectivity index (χ1v) is 11.3. The lowest BCUT2D eigenvalue weighted by atomic mass is 10.3. The highest BCUT2D eigenvalue weighted by Crippen LogP contribution is 2.58. The van der Waals surface area contributed by atoms with E-state index in [9.17, 15) is 0 Å². The Kier molecular flexibility index (Phi) is 7.02. The van der Waals surface area contributed by atoms with Crippen LogP contribution in [0.3, 0.4) is 0 Å². The summed E-state index contributed by atoms with van der Waals surface area (Å²) >= 11 is 6.50. The molecule has 0 unspecified atom stereocenters. The lowest BCUT2D eigenvalue weighted by Crippen LogP contribution is -3.00. The first-order chi connectivity index (χ1) is 13.3. The topological polar surface area (TPSA) is 12.9 Å². The summed E-state index contributed by atoms with van der Waals surface area (Å²) < 4.78 is 0. The Morgan fingerprint density at radius 3 is 1.43 bits per heavy atom. The predicted octanol–water partition coefficient (Wildman–Crippen LogP) is 2.23. The maximum absolute atomic E-state index is 6.50. The summed E-state index contributed by atoms with van der Waals surface area (Å²) in [6.45, 7) is 0. The maximum Gasteiger partial charge on any atom is 0.135 e. The van der Waals surface area contributed by atoms with Gasteiger partial charge in [0.2, 0.25) is 0 Å². The molecule has 0 amide bonds. The molecule has 1 aromatic heterocycles. The van der Waals surface area contributed by atoms with Crippen LogP contribution in [0.1, 0.15) is 5.56 Å². The van der Waals surface area contributed by atoms with Gasteiger partial charge >= 0.3 is 0 Å². The van der Waals surface area contributed by atoms with E-state index in [2.05, 4.69) is 102 Å². The molecule has 0 N–H and O–H groups in total. The molecule has 0 aliphatic rings. The highest BCUT2D eigenvalue weighted by Gasteiger charge is 2.45. The minimum absolute atomic E-state index is 0. The SMILES string of the molecule is Clc1ncccc1C[P+](c1ccccc1)(c1ccccc1)c1ccccc1.[Br-]. The van der Waals surface area contributed by atoms with Crippen LogP contribution in [0.25, 0.3) is 0 Å².